The molecule has 0 spiro atoms. The van der Waals surface area contributed by atoms with Gasteiger partial charge in [-0.1, -0.05) is 48.0 Å². The Hall–Kier alpha value is -2.10. The third kappa shape index (κ3) is 3.81. The van der Waals surface area contributed by atoms with Gasteiger partial charge in [0.1, 0.15) is 6.04 Å². The zero-order valence-corrected chi connectivity index (χ0v) is 18.2. The molecule has 5 rings (SSSR count). The molecule has 0 saturated carbocycles. The van der Waals surface area contributed by atoms with Crippen molar-refractivity contribution in [2.45, 2.75) is 63.6 Å². The summed E-state index contributed by atoms with van der Waals surface area (Å²) < 4.78 is 0. The van der Waals surface area contributed by atoms with Gasteiger partial charge in [0.25, 0.3) is 5.91 Å². The maximum Gasteiger partial charge on any atom is 0.254 e. The van der Waals surface area contributed by atoms with Crippen LogP contribution in [0.25, 0.3) is 0 Å². The number of rotatable bonds is 5. The second-order valence-corrected chi connectivity index (χ2v) is 9.36. The van der Waals surface area contributed by atoms with Crippen molar-refractivity contribution in [1.29, 1.82) is 0 Å². The summed E-state index contributed by atoms with van der Waals surface area (Å²) in [5, 5.41) is 3.26. The number of amides is 1. The van der Waals surface area contributed by atoms with Crippen molar-refractivity contribution in [2.75, 3.05) is 6.54 Å². The molecule has 2 atom stereocenters. The number of carbonyl (C=O) groups is 1. The highest BCUT2D eigenvalue weighted by molar-refractivity contribution is 6.30. The molecular weight excluding hydrogens is 392 g/mol. The summed E-state index contributed by atoms with van der Waals surface area (Å²) in [7, 11) is 0. The van der Waals surface area contributed by atoms with E-state index in [-0.39, 0.29) is 12.1 Å². The van der Waals surface area contributed by atoms with Crippen molar-refractivity contribution in [3.8, 4) is 0 Å². The van der Waals surface area contributed by atoms with Crippen LogP contribution < -0.4 is 5.32 Å². The summed E-state index contributed by atoms with van der Waals surface area (Å²) in [5.74, 6) is 0.281. The molecule has 3 aliphatic rings. The molecule has 2 N–H and O–H groups in total. The summed E-state index contributed by atoms with van der Waals surface area (Å²) >= 11 is 6.04. The number of nitrogens with two attached hydrogens (primary N) is 1. The molecule has 1 aliphatic heterocycles. The Morgan fingerprint density at radius 3 is 2.63 bits per heavy atom. The zero-order chi connectivity index (χ0) is 20.5. The van der Waals surface area contributed by atoms with E-state index in [4.69, 9.17) is 11.6 Å². The minimum absolute atomic E-state index is 0.163. The molecule has 1 heterocycles. The van der Waals surface area contributed by atoms with Gasteiger partial charge in [0, 0.05) is 34.7 Å². The van der Waals surface area contributed by atoms with E-state index in [0.717, 1.165) is 42.8 Å². The molecule has 0 aromatic heterocycles. The second-order valence-electron chi connectivity index (χ2n) is 8.92. The van der Waals surface area contributed by atoms with E-state index in [0.29, 0.717) is 6.04 Å². The molecule has 0 unspecified atom stereocenters. The molecule has 1 amide bonds. The predicted octanol–water partition coefficient (Wildman–Crippen LogP) is 4.56. The van der Waals surface area contributed by atoms with Gasteiger partial charge in [-0.2, -0.15) is 0 Å². The van der Waals surface area contributed by atoms with Gasteiger partial charge >= 0.3 is 0 Å². The highest BCUT2D eigenvalue weighted by atomic mass is 35.5. The van der Waals surface area contributed by atoms with E-state index >= 15 is 0 Å². The number of hydrogen-bond acceptors (Lipinski definition) is 1. The number of aryl methyl sites for hydroxylation is 1. The van der Waals surface area contributed by atoms with Gasteiger partial charge in [0.2, 0.25) is 0 Å². The van der Waals surface area contributed by atoms with Crippen molar-refractivity contribution < 1.29 is 10.1 Å². The first-order chi connectivity index (χ1) is 14.7. The molecule has 2 aromatic carbocycles. The average Bonchev–Trinajstić information content (AvgIpc) is 3.05. The maximum atomic E-state index is 13.3. The van der Waals surface area contributed by atoms with Gasteiger partial charge in [-0.3, -0.25) is 9.69 Å². The number of hydrogen-bond donors (Lipinski definition) is 1. The standard InChI is InChI=1S/C26H29ClN2O/c27-20-14-12-18(13-15-20)16-17-29-25(22-9-3-4-10-23(22)26(29)30)28-24-11-5-7-19-6-1-2-8-21(19)24/h1-2,6,8,12-15,24-25,28H,3-5,7,9-11,16-17H2/p+1/t24-,25-/m1/s1. The van der Waals surface area contributed by atoms with Gasteiger partial charge in [-0.05, 0) is 68.2 Å². The molecule has 4 heteroatoms. The third-order valence-corrected chi connectivity index (χ3v) is 7.36. The predicted molar refractivity (Wildman–Crippen MR) is 120 cm³/mol. The Balaban J connectivity index is 1.39. The molecule has 156 valence electrons. The van der Waals surface area contributed by atoms with Crippen molar-refractivity contribution >= 4 is 17.5 Å². The van der Waals surface area contributed by atoms with Crippen LogP contribution in [0.5, 0.6) is 0 Å². The van der Waals surface area contributed by atoms with E-state index in [1.165, 1.54) is 47.9 Å². The Kier molecular flexibility index (Phi) is 5.66. The zero-order valence-electron chi connectivity index (χ0n) is 17.4. The monoisotopic (exact) mass is 421 g/mol. The number of fused-ring (bicyclic) bond motifs is 1. The minimum atomic E-state index is 0.163. The molecular formula is C26H30ClN2O+. The van der Waals surface area contributed by atoms with E-state index < -0.39 is 0 Å². The SMILES string of the molecule is O=C1C2=C(CCCC2)[C@H]([NH2+][C@@H]2CCCc3ccccc32)N1CCc1ccc(Cl)cc1. The van der Waals surface area contributed by atoms with Gasteiger partial charge in [0.05, 0.1) is 0 Å². The van der Waals surface area contributed by atoms with E-state index in [1.807, 2.05) is 12.1 Å². The molecule has 3 nitrogen and oxygen atoms in total. The molecule has 0 radical (unpaired) electrons. The van der Waals surface area contributed by atoms with E-state index in [2.05, 4.69) is 46.6 Å². The normalized spacial score (nSPS) is 23.5. The number of quaternary nitrogens is 1. The van der Waals surface area contributed by atoms with Crippen LogP contribution in [0.1, 0.15) is 61.3 Å². The molecule has 0 saturated heterocycles. The Labute approximate surface area is 184 Å². The Morgan fingerprint density at radius 1 is 0.967 bits per heavy atom. The fraction of sp³-hybridized carbons (Fsp3) is 0.423. The maximum absolute atomic E-state index is 13.3. The summed E-state index contributed by atoms with van der Waals surface area (Å²) in [6.07, 6.45) is 9.03. The second kappa shape index (κ2) is 8.56. The van der Waals surface area contributed by atoms with Crippen molar-refractivity contribution in [2.24, 2.45) is 0 Å². The number of benzene rings is 2. The van der Waals surface area contributed by atoms with Crippen LogP contribution in [0.3, 0.4) is 0 Å². The van der Waals surface area contributed by atoms with Gasteiger partial charge < -0.3 is 5.32 Å². The van der Waals surface area contributed by atoms with Crippen molar-refractivity contribution in [3.05, 3.63) is 81.4 Å². The Morgan fingerprint density at radius 2 is 1.77 bits per heavy atom. The van der Waals surface area contributed by atoms with Crippen LogP contribution >= 0.6 is 11.6 Å². The number of nitrogens with zero attached hydrogens (tertiary/aromatic N) is 1. The summed E-state index contributed by atoms with van der Waals surface area (Å²) in [6.45, 7) is 0.767. The highest BCUT2D eigenvalue weighted by Crippen LogP contribution is 2.35. The first-order valence-corrected chi connectivity index (χ1v) is 11.8. The summed E-state index contributed by atoms with van der Waals surface area (Å²) in [6, 6.07) is 17.4. The molecule has 30 heavy (non-hydrogen) atoms. The van der Waals surface area contributed by atoms with Crippen LogP contribution in [-0.2, 0) is 17.6 Å². The first-order valence-electron chi connectivity index (χ1n) is 11.4. The lowest BCUT2D eigenvalue weighted by Crippen LogP contribution is -2.94. The number of halogens is 1. The fourth-order valence-electron chi connectivity index (χ4n) is 5.56. The highest BCUT2D eigenvalue weighted by Gasteiger charge is 2.43. The lowest BCUT2D eigenvalue weighted by atomic mass is 9.86. The average molecular weight is 422 g/mol. The topological polar surface area (TPSA) is 36.9 Å². The van der Waals surface area contributed by atoms with Crippen LogP contribution in [0.15, 0.2) is 59.7 Å². The molecule has 0 bridgehead atoms. The van der Waals surface area contributed by atoms with E-state index in [1.54, 1.807) is 0 Å². The van der Waals surface area contributed by atoms with Gasteiger partial charge in [0.15, 0.2) is 6.17 Å². The van der Waals surface area contributed by atoms with Crippen molar-refractivity contribution in [1.82, 2.24) is 4.90 Å². The van der Waals surface area contributed by atoms with Crippen LogP contribution in [0, 0.1) is 0 Å². The summed E-state index contributed by atoms with van der Waals surface area (Å²) in [5.41, 5.74) is 6.71. The van der Waals surface area contributed by atoms with Crippen LogP contribution in [-0.4, -0.2) is 23.5 Å². The first kappa shape index (κ1) is 19.8. The number of carbonyl (C=O) groups excluding carboxylic acids is 1. The quantitative estimate of drug-likeness (QED) is 0.754. The summed E-state index contributed by atoms with van der Waals surface area (Å²) in [4.78, 5) is 15.5. The van der Waals surface area contributed by atoms with Crippen molar-refractivity contribution in [3.63, 3.8) is 0 Å². The Bertz CT molecular complexity index is 965. The van der Waals surface area contributed by atoms with Crippen LogP contribution in [0.2, 0.25) is 5.02 Å². The van der Waals surface area contributed by atoms with E-state index in [9.17, 15) is 4.79 Å². The fourth-order valence-corrected chi connectivity index (χ4v) is 5.69. The van der Waals surface area contributed by atoms with Gasteiger partial charge in [-0.25, -0.2) is 0 Å². The smallest absolute Gasteiger partial charge is 0.254 e. The van der Waals surface area contributed by atoms with Gasteiger partial charge in [-0.15, -0.1) is 0 Å². The molecule has 0 fully saturated rings. The molecule has 2 aromatic rings. The lowest BCUT2D eigenvalue weighted by Gasteiger charge is -2.31. The largest absolute Gasteiger partial charge is 0.317 e. The third-order valence-electron chi connectivity index (χ3n) is 7.11. The minimum Gasteiger partial charge on any atom is -0.317 e. The lowest BCUT2D eigenvalue weighted by molar-refractivity contribution is -0.735. The molecule has 2 aliphatic carbocycles. The van der Waals surface area contributed by atoms with Crippen LogP contribution in [0.4, 0.5) is 0 Å².